The predicted molar refractivity (Wildman–Crippen MR) is 127 cm³/mol. The average molecular weight is 463 g/mol. The van der Waals surface area contributed by atoms with Gasteiger partial charge in [-0.25, -0.2) is 4.39 Å². The van der Waals surface area contributed by atoms with Crippen LogP contribution in [0.15, 0.2) is 47.3 Å². The summed E-state index contributed by atoms with van der Waals surface area (Å²) >= 11 is 0. The molecule has 0 bridgehead atoms. The largest absolute Gasteiger partial charge is 0.497 e. The second-order valence-corrected chi connectivity index (χ2v) is 8.38. The highest BCUT2D eigenvalue weighted by atomic mass is 19.1. The lowest BCUT2D eigenvalue weighted by Gasteiger charge is -2.18. The fourth-order valence-corrected chi connectivity index (χ4v) is 4.14. The Labute approximate surface area is 197 Å². The summed E-state index contributed by atoms with van der Waals surface area (Å²) in [6.45, 7) is 2.38. The summed E-state index contributed by atoms with van der Waals surface area (Å²) in [6.07, 6.45) is 3.11. The Morgan fingerprint density at radius 2 is 1.94 bits per heavy atom. The molecule has 1 unspecified atom stereocenters. The number of nitrogens with one attached hydrogen (secondary N) is 1. The number of ether oxygens (including phenoxy) is 2. The first-order valence-corrected chi connectivity index (χ1v) is 11.3. The molecule has 34 heavy (non-hydrogen) atoms. The monoisotopic (exact) mass is 462 g/mol. The lowest BCUT2D eigenvalue weighted by molar-refractivity contribution is 0.211. The fourth-order valence-electron chi connectivity index (χ4n) is 4.14. The molecule has 2 aromatic carbocycles. The van der Waals surface area contributed by atoms with Crippen molar-refractivity contribution in [2.24, 2.45) is 13.0 Å². The molecule has 1 fully saturated rings. The summed E-state index contributed by atoms with van der Waals surface area (Å²) in [5, 5.41) is 12.5. The van der Waals surface area contributed by atoms with Crippen LogP contribution >= 0.6 is 0 Å². The normalized spacial score (nSPS) is 15.9. The summed E-state index contributed by atoms with van der Waals surface area (Å²) < 4.78 is 27.1. The van der Waals surface area contributed by atoms with Crippen molar-refractivity contribution in [2.75, 3.05) is 26.8 Å². The first-order chi connectivity index (χ1) is 16.5. The number of halogens is 1. The Balaban J connectivity index is 1.80. The topological polar surface area (TPSA) is 89.2 Å². The molecular weight excluding hydrogens is 435 g/mol. The molecule has 1 aliphatic heterocycles. The first kappa shape index (κ1) is 23.5. The SMILES string of the molecule is COc1ccc(-c2c(-c3ccc(C#N)c(F)c3)nc(OCC3CCCNCC3)n(C)c2=O)cc1. The van der Waals surface area contributed by atoms with Crippen molar-refractivity contribution in [2.45, 2.75) is 19.3 Å². The zero-order valence-electron chi connectivity index (χ0n) is 19.3. The van der Waals surface area contributed by atoms with E-state index in [0.717, 1.165) is 32.4 Å². The van der Waals surface area contributed by atoms with Gasteiger partial charge in [-0.1, -0.05) is 18.2 Å². The van der Waals surface area contributed by atoms with Gasteiger partial charge < -0.3 is 14.8 Å². The maximum Gasteiger partial charge on any atom is 0.299 e. The van der Waals surface area contributed by atoms with Crippen molar-refractivity contribution >= 4 is 0 Å². The van der Waals surface area contributed by atoms with Crippen LogP contribution in [0.1, 0.15) is 24.8 Å². The van der Waals surface area contributed by atoms with Gasteiger partial charge in [-0.3, -0.25) is 9.36 Å². The smallest absolute Gasteiger partial charge is 0.299 e. The molecule has 1 saturated heterocycles. The maximum atomic E-state index is 14.5. The van der Waals surface area contributed by atoms with Crippen LogP contribution in [0.3, 0.4) is 0 Å². The zero-order valence-corrected chi connectivity index (χ0v) is 19.3. The number of hydrogen-bond donors (Lipinski definition) is 1. The van der Waals surface area contributed by atoms with Crippen LogP contribution in [-0.4, -0.2) is 36.4 Å². The van der Waals surface area contributed by atoms with Gasteiger partial charge in [0, 0.05) is 12.6 Å². The fraction of sp³-hybridized carbons (Fsp3) is 0.346. The third kappa shape index (κ3) is 4.95. The minimum atomic E-state index is -0.670. The molecule has 1 atom stereocenters. The molecule has 8 heteroatoms. The van der Waals surface area contributed by atoms with E-state index in [1.807, 2.05) is 6.07 Å². The molecule has 0 amide bonds. The van der Waals surface area contributed by atoms with Gasteiger partial charge in [0.1, 0.15) is 17.6 Å². The van der Waals surface area contributed by atoms with Crippen molar-refractivity contribution in [3.63, 3.8) is 0 Å². The van der Waals surface area contributed by atoms with E-state index < -0.39 is 5.82 Å². The lowest BCUT2D eigenvalue weighted by atomic mass is 9.99. The number of nitrogens with zero attached hydrogens (tertiary/aromatic N) is 3. The standard InChI is InChI=1S/C26H27FN4O3/c1-31-25(32)23(18-7-9-21(33-2)10-8-18)24(19-5-6-20(15-28)22(27)14-19)30-26(31)34-16-17-4-3-12-29-13-11-17/h5-10,14,17,29H,3-4,11-13,16H2,1-2H3. The third-order valence-corrected chi connectivity index (χ3v) is 6.13. The highest BCUT2D eigenvalue weighted by molar-refractivity contribution is 5.80. The second-order valence-electron chi connectivity index (χ2n) is 8.38. The van der Waals surface area contributed by atoms with Crippen molar-refractivity contribution in [1.82, 2.24) is 14.9 Å². The molecular formula is C26H27FN4O3. The quantitative estimate of drug-likeness (QED) is 0.598. The minimum Gasteiger partial charge on any atom is -0.497 e. The first-order valence-electron chi connectivity index (χ1n) is 11.3. The van der Waals surface area contributed by atoms with E-state index >= 15 is 0 Å². The molecule has 0 spiro atoms. The number of rotatable bonds is 6. The summed E-state index contributed by atoms with van der Waals surface area (Å²) in [7, 11) is 3.19. The van der Waals surface area contributed by atoms with Gasteiger partial charge in [-0.05, 0) is 68.1 Å². The van der Waals surface area contributed by atoms with Crippen molar-refractivity contribution in [3.8, 4) is 40.2 Å². The maximum absolute atomic E-state index is 14.5. The molecule has 4 rings (SSSR count). The Kier molecular flexibility index (Phi) is 7.24. The molecule has 0 aliphatic carbocycles. The van der Waals surface area contributed by atoms with Gasteiger partial charge in [0.05, 0.1) is 30.5 Å². The van der Waals surface area contributed by atoms with Crippen LogP contribution < -0.4 is 20.3 Å². The molecule has 2 heterocycles. The Morgan fingerprint density at radius 1 is 1.18 bits per heavy atom. The third-order valence-electron chi connectivity index (χ3n) is 6.13. The Morgan fingerprint density at radius 3 is 2.65 bits per heavy atom. The van der Waals surface area contributed by atoms with Crippen LogP contribution in [0.2, 0.25) is 0 Å². The highest BCUT2D eigenvalue weighted by Gasteiger charge is 2.21. The molecule has 1 aliphatic rings. The molecule has 7 nitrogen and oxygen atoms in total. The van der Waals surface area contributed by atoms with Crippen LogP contribution in [0.25, 0.3) is 22.4 Å². The van der Waals surface area contributed by atoms with Crippen LogP contribution in [-0.2, 0) is 7.05 Å². The Bertz CT molecular complexity index is 1260. The van der Waals surface area contributed by atoms with Crippen LogP contribution in [0, 0.1) is 23.1 Å². The van der Waals surface area contributed by atoms with Crippen LogP contribution in [0.5, 0.6) is 11.8 Å². The number of hydrogen-bond acceptors (Lipinski definition) is 6. The number of aromatic nitrogens is 2. The van der Waals surface area contributed by atoms with Gasteiger partial charge in [-0.15, -0.1) is 0 Å². The summed E-state index contributed by atoms with van der Waals surface area (Å²) in [5.74, 6) is 0.345. The summed E-state index contributed by atoms with van der Waals surface area (Å²) in [5.41, 5.74) is 1.25. The van der Waals surface area contributed by atoms with Gasteiger partial charge >= 0.3 is 0 Å². The lowest BCUT2D eigenvalue weighted by Crippen LogP contribution is -2.25. The molecule has 1 aromatic heterocycles. The van der Waals surface area contributed by atoms with Crippen LogP contribution in [0.4, 0.5) is 4.39 Å². The summed E-state index contributed by atoms with van der Waals surface area (Å²) in [4.78, 5) is 18.2. The average Bonchev–Trinajstić information content (AvgIpc) is 3.14. The number of benzene rings is 2. The van der Waals surface area contributed by atoms with Crippen molar-refractivity contribution in [3.05, 3.63) is 64.2 Å². The molecule has 3 aromatic rings. The van der Waals surface area contributed by atoms with Crippen molar-refractivity contribution < 1.29 is 13.9 Å². The van der Waals surface area contributed by atoms with E-state index in [9.17, 15) is 9.18 Å². The van der Waals surface area contributed by atoms with E-state index in [1.165, 1.54) is 16.7 Å². The van der Waals surface area contributed by atoms with Gasteiger partial charge in [0.25, 0.3) is 11.6 Å². The van der Waals surface area contributed by atoms with Gasteiger partial charge in [0.2, 0.25) is 0 Å². The highest BCUT2D eigenvalue weighted by Crippen LogP contribution is 2.31. The number of nitriles is 1. The second kappa shape index (κ2) is 10.5. The van der Waals surface area contributed by atoms with E-state index in [2.05, 4.69) is 10.3 Å². The molecule has 0 radical (unpaired) electrons. The molecule has 1 N–H and O–H groups in total. The zero-order chi connectivity index (χ0) is 24.1. The van der Waals surface area contributed by atoms with Gasteiger partial charge in [-0.2, -0.15) is 10.2 Å². The van der Waals surface area contributed by atoms with Crippen molar-refractivity contribution in [1.29, 1.82) is 5.26 Å². The molecule has 176 valence electrons. The summed E-state index contributed by atoms with van der Waals surface area (Å²) in [6, 6.07) is 13.2. The van der Waals surface area contributed by atoms with Gasteiger partial charge in [0.15, 0.2) is 0 Å². The predicted octanol–water partition coefficient (Wildman–Crippen LogP) is 3.90. The van der Waals surface area contributed by atoms with E-state index in [1.54, 1.807) is 44.5 Å². The number of methoxy groups -OCH3 is 1. The van der Waals surface area contributed by atoms with E-state index in [0.29, 0.717) is 40.7 Å². The van der Waals surface area contributed by atoms with E-state index in [4.69, 9.17) is 14.7 Å². The Hall–Kier alpha value is -3.70. The van der Waals surface area contributed by atoms with E-state index in [-0.39, 0.29) is 17.1 Å². The minimum absolute atomic E-state index is 0.0722. The molecule has 0 saturated carbocycles.